The Labute approximate surface area is 106 Å². The van der Waals surface area contributed by atoms with E-state index >= 15 is 0 Å². The van der Waals surface area contributed by atoms with Crippen LogP contribution in [-0.2, 0) is 4.79 Å². The summed E-state index contributed by atoms with van der Waals surface area (Å²) in [5.41, 5.74) is 0.561. The van der Waals surface area contributed by atoms with E-state index in [0.29, 0.717) is 30.7 Å². The molecule has 18 heavy (non-hydrogen) atoms. The van der Waals surface area contributed by atoms with Gasteiger partial charge in [-0.2, -0.15) is 0 Å². The molecule has 0 bridgehead atoms. The second-order valence-electron chi connectivity index (χ2n) is 4.25. The van der Waals surface area contributed by atoms with Gasteiger partial charge in [0.15, 0.2) is 0 Å². The molecule has 1 aromatic carbocycles. The maximum absolute atomic E-state index is 12.0. The number of hydrogen-bond acceptors (Lipinski definition) is 3. The molecule has 1 unspecified atom stereocenters. The molecule has 1 aliphatic rings. The van der Waals surface area contributed by atoms with Gasteiger partial charge in [0, 0.05) is 24.6 Å². The fraction of sp³-hybridized carbons (Fsp3) is 0.385. The van der Waals surface area contributed by atoms with Gasteiger partial charge in [-0.3, -0.25) is 9.59 Å². The largest absolute Gasteiger partial charge is 0.497 e. The number of amides is 2. The number of hydrogen-bond donors (Lipinski definition) is 2. The van der Waals surface area contributed by atoms with Gasteiger partial charge in [0.2, 0.25) is 5.91 Å². The Bertz CT molecular complexity index is 449. The lowest BCUT2D eigenvalue weighted by Gasteiger charge is -2.23. The highest BCUT2D eigenvalue weighted by atomic mass is 16.5. The molecular weight excluding hydrogens is 232 g/mol. The standard InChI is InChI=1S/C13H16N2O3/c1-18-11-4-2-3-9(7-11)13(17)15-10-5-6-12(16)14-8-10/h2-4,7,10H,5-6,8H2,1H3,(H,14,16)(H,15,17). The molecule has 2 N–H and O–H groups in total. The molecule has 0 saturated carbocycles. The van der Waals surface area contributed by atoms with Crippen molar-refractivity contribution in [3.63, 3.8) is 0 Å². The molecule has 0 spiro atoms. The van der Waals surface area contributed by atoms with Crippen LogP contribution in [0.5, 0.6) is 5.75 Å². The Kier molecular flexibility index (Phi) is 3.82. The summed E-state index contributed by atoms with van der Waals surface area (Å²) in [6.45, 7) is 0.495. The highest BCUT2D eigenvalue weighted by Gasteiger charge is 2.20. The average molecular weight is 248 g/mol. The first kappa shape index (κ1) is 12.4. The summed E-state index contributed by atoms with van der Waals surface area (Å²) in [6.07, 6.45) is 1.14. The number of benzene rings is 1. The van der Waals surface area contributed by atoms with E-state index in [4.69, 9.17) is 4.74 Å². The topological polar surface area (TPSA) is 67.4 Å². The van der Waals surface area contributed by atoms with Gasteiger partial charge in [-0.25, -0.2) is 0 Å². The molecule has 1 aromatic rings. The van der Waals surface area contributed by atoms with Crippen molar-refractivity contribution in [1.29, 1.82) is 0 Å². The summed E-state index contributed by atoms with van der Waals surface area (Å²) in [6, 6.07) is 6.99. The summed E-state index contributed by atoms with van der Waals surface area (Å²) in [5, 5.41) is 5.63. The van der Waals surface area contributed by atoms with Gasteiger partial charge in [-0.15, -0.1) is 0 Å². The third-order valence-corrected chi connectivity index (χ3v) is 2.93. The minimum Gasteiger partial charge on any atom is -0.497 e. The van der Waals surface area contributed by atoms with Crippen molar-refractivity contribution in [3.05, 3.63) is 29.8 Å². The second kappa shape index (κ2) is 5.53. The monoisotopic (exact) mass is 248 g/mol. The number of carbonyl (C=O) groups is 2. The number of piperidine rings is 1. The molecular formula is C13H16N2O3. The molecule has 5 nitrogen and oxygen atoms in total. The molecule has 1 heterocycles. The van der Waals surface area contributed by atoms with E-state index in [1.165, 1.54) is 0 Å². The number of rotatable bonds is 3. The maximum atomic E-state index is 12.0. The van der Waals surface area contributed by atoms with Gasteiger partial charge in [-0.05, 0) is 24.6 Å². The number of methoxy groups -OCH3 is 1. The third kappa shape index (κ3) is 3.00. The molecule has 2 rings (SSSR count). The quantitative estimate of drug-likeness (QED) is 0.827. The number of ether oxygens (including phenoxy) is 1. The normalized spacial score (nSPS) is 18.9. The van der Waals surface area contributed by atoms with Crippen LogP contribution in [0.15, 0.2) is 24.3 Å². The van der Waals surface area contributed by atoms with Crippen LogP contribution in [0.1, 0.15) is 23.2 Å². The molecule has 2 amide bonds. The second-order valence-corrected chi connectivity index (χ2v) is 4.25. The lowest BCUT2D eigenvalue weighted by Crippen LogP contribution is -2.47. The zero-order chi connectivity index (χ0) is 13.0. The molecule has 0 aromatic heterocycles. The van der Waals surface area contributed by atoms with E-state index in [1.54, 1.807) is 31.4 Å². The van der Waals surface area contributed by atoms with E-state index in [9.17, 15) is 9.59 Å². The maximum Gasteiger partial charge on any atom is 0.251 e. The molecule has 96 valence electrons. The first-order chi connectivity index (χ1) is 8.69. The van der Waals surface area contributed by atoms with E-state index in [-0.39, 0.29) is 17.9 Å². The summed E-state index contributed by atoms with van der Waals surface area (Å²) in [7, 11) is 1.56. The number of carbonyl (C=O) groups excluding carboxylic acids is 2. The fourth-order valence-corrected chi connectivity index (χ4v) is 1.89. The van der Waals surface area contributed by atoms with Gasteiger partial charge >= 0.3 is 0 Å². The Morgan fingerprint density at radius 1 is 1.50 bits per heavy atom. The van der Waals surface area contributed by atoms with Crippen molar-refractivity contribution in [2.24, 2.45) is 0 Å². The van der Waals surface area contributed by atoms with Crippen LogP contribution >= 0.6 is 0 Å². The van der Waals surface area contributed by atoms with Crippen LogP contribution < -0.4 is 15.4 Å². The minimum absolute atomic E-state index is 0.00130. The Hall–Kier alpha value is -2.04. The van der Waals surface area contributed by atoms with Crippen molar-refractivity contribution in [1.82, 2.24) is 10.6 Å². The fourth-order valence-electron chi connectivity index (χ4n) is 1.89. The summed E-state index contributed by atoms with van der Waals surface area (Å²) < 4.78 is 5.07. The highest BCUT2D eigenvalue weighted by Crippen LogP contribution is 2.13. The van der Waals surface area contributed by atoms with Crippen LogP contribution in [0.2, 0.25) is 0 Å². The highest BCUT2D eigenvalue weighted by molar-refractivity contribution is 5.94. The Morgan fingerprint density at radius 3 is 3.00 bits per heavy atom. The van der Waals surface area contributed by atoms with Gasteiger partial charge in [0.25, 0.3) is 5.91 Å². The third-order valence-electron chi connectivity index (χ3n) is 2.93. The lowest BCUT2D eigenvalue weighted by atomic mass is 10.1. The predicted octanol–water partition coefficient (Wildman–Crippen LogP) is 0.704. The average Bonchev–Trinajstić information content (AvgIpc) is 2.41. The molecule has 5 heteroatoms. The van der Waals surface area contributed by atoms with Gasteiger partial charge < -0.3 is 15.4 Å². The van der Waals surface area contributed by atoms with E-state index in [2.05, 4.69) is 10.6 Å². The zero-order valence-electron chi connectivity index (χ0n) is 10.2. The summed E-state index contributed by atoms with van der Waals surface area (Å²) in [4.78, 5) is 23.0. The van der Waals surface area contributed by atoms with Crippen LogP contribution in [0.25, 0.3) is 0 Å². The van der Waals surface area contributed by atoms with Gasteiger partial charge in [0.1, 0.15) is 5.75 Å². The van der Waals surface area contributed by atoms with Crippen molar-refractivity contribution in [2.45, 2.75) is 18.9 Å². The van der Waals surface area contributed by atoms with Gasteiger partial charge in [0.05, 0.1) is 7.11 Å². The predicted molar refractivity (Wildman–Crippen MR) is 66.5 cm³/mol. The lowest BCUT2D eigenvalue weighted by molar-refractivity contribution is -0.122. The first-order valence-electron chi connectivity index (χ1n) is 5.90. The van der Waals surface area contributed by atoms with Crippen molar-refractivity contribution >= 4 is 11.8 Å². The van der Waals surface area contributed by atoms with Gasteiger partial charge in [-0.1, -0.05) is 6.07 Å². The van der Waals surface area contributed by atoms with E-state index in [0.717, 1.165) is 0 Å². The smallest absolute Gasteiger partial charge is 0.251 e. The first-order valence-corrected chi connectivity index (χ1v) is 5.90. The zero-order valence-corrected chi connectivity index (χ0v) is 10.2. The van der Waals surface area contributed by atoms with Crippen LogP contribution in [0.4, 0.5) is 0 Å². The molecule has 1 fully saturated rings. The molecule has 1 aliphatic heterocycles. The van der Waals surface area contributed by atoms with E-state index in [1.807, 2.05) is 0 Å². The summed E-state index contributed by atoms with van der Waals surface area (Å²) >= 11 is 0. The molecule has 0 radical (unpaired) electrons. The van der Waals surface area contributed by atoms with Crippen molar-refractivity contribution in [3.8, 4) is 5.75 Å². The SMILES string of the molecule is COc1cccc(C(=O)NC2CCC(=O)NC2)c1. The van der Waals surface area contributed by atoms with E-state index < -0.39 is 0 Å². The Morgan fingerprint density at radius 2 is 2.33 bits per heavy atom. The Balaban J connectivity index is 1.96. The van der Waals surface area contributed by atoms with Crippen LogP contribution in [0, 0.1) is 0 Å². The van der Waals surface area contributed by atoms with Crippen molar-refractivity contribution < 1.29 is 14.3 Å². The number of nitrogens with one attached hydrogen (secondary N) is 2. The minimum atomic E-state index is -0.143. The summed E-state index contributed by atoms with van der Waals surface area (Å²) in [5.74, 6) is 0.552. The molecule has 1 saturated heterocycles. The molecule has 0 aliphatic carbocycles. The van der Waals surface area contributed by atoms with Crippen molar-refractivity contribution in [2.75, 3.05) is 13.7 Å². The van der Waals surface area contributed by atoms with Crippen LogP contribution in [-0.4, -0.2) is 31.5 Å². The van der Waals surface area contributed by atoms with Crippen LogP contribution in [0.3, 0.4) is 0 Å². The molecule has 1 atom stereocenters.